The molecule has 0 fully saturated rings. The van der Waals surface area contributed by atoms with Gasteiger partial charge >= 0.3 is 0 Å². The van der Waals surface area contributed by atoms with Crippen LogP contribution in [0.1, 0.15) is 219 Å². The number of amides is 1. The van der Waals surface area contributed by atoms with E-state index in [-0.39, 0.29) is 12.3 Å². The van der Waals surface area contributed by atoms with Crippen LogP contribution in [-0.4, -0.2) is 41.9 Å². The molecular formula is C48H87NO5S. The number of allylic oxidation sites excluding steroid dienone is 9. The van der Waals surface area contributed by atoms with E-state index in [2.05, 4.69) is 67.8 Å². The van der Waals surface area contributed by atoms with E-state index in [9.17, 15) is 22.9 Å². The molecule has 0 saturated heterocycles. The van der Waals surface area contributed by atoms with Crippen molar-refractivity contribution in [3.63, 3.8) is 0 Å². The predicted molar refractivity (Wildman–Crippen MR) is 239 cm³/mol. The molecule has 0 aromatic heterocycles. The van der Waals surface area contributed by atoms with Gasteiger partial charge in [-0.05, 0) is 57.8 Å². The fourth-order valence-corrected chi connectivity index (χ4v) is 7.53. The second-order valence-electron chi connectivity index (χ2n) is 15.7. The summed E-state index contributed by atoms with van der Waals surface area (Å²) in [4.78, 5) is 12.6. The lowest BCUT2D eigenvalue weighted by Crippen LogP contribution is -2.46. The smallest absolute Gasteiger partial charge is 0.267 e. The highest BCUT2D eigenvalue weighted by Crippen LogP contribution is 2.15. The number of aliphatic hydroxyl groups excluding tert-OH is 1. The van der Waals surface area contributed by atoms with Crippen molar-refractivity contribution in [1.29, 1.82) is 0 Å². The Morgan fingerprint density at radius 1 is 0.509 bits per heavy atom. The van der Waals surface area contributed by atoms with E-state index in [1.165, 1.54) is 122 Å². The molecule has 0 aromatic carbocycles. The molecule has 0 aliphatic rings. The summed E-state index contributed by atoms with van der Waals surface area (Å²) in [6.07, 6.45) is 57.8. The Hall–Kier alpha value is -1.96. The molecule has 1 amide bonds. The average Bonchev–Trinajstić information content (AvgIpc) is 3.15. The number of aliphatic hydroxyl groups is 1. The molecule has 7 heteroatoms. The first-order valence-corrected chi connectivity index (χ1v) is 24.6. The summed E-state index contributed by atoms with van der Waals surface area (Å²) in [6.45, 7) is 4.43. The van der Waals surface area contributed by atoms with Crippen molar-refractivity contribution in [1.82, 2.24) is 5.32 Å². The molecule has 0 bridgehead atoms. The summed E-state index contributed by atoms with van der Waals surface area (Å²) in [6, 6.07) is -1.06. The molecule has 0 rings (SSSR count). The molecule has 0 aromatic rings. The molecule has 2 unspecified atom stereocenters. The van der Waals surface area contributed by atoms with Gasteiger partial charge in [0.25, 0.3) is 10.1 Å². The molecule has 3 N–H and O–H groups in total. The Morgan fingerprint density at radius 2 is 0.873 bits per heavy atom. The van der Waals surface area contributed by atoms with Crippen LogP contribution in [0.25, 0.3) is 0 Å². The highest BCUT2D eigenvalue weighted by atomic mass is 32.2. The topological polar surface area (TPSA) is 104 Å². The Balaban J connectivity index is 3.88. The van der Waals surface area contributed by atoms with E-state index in [0.717, 1.165) is 77.0 Å². The molecule has 55 heavy (non-hydrogen) atoms. The summed E-state index contributed by atoms with van der Waals surface area (Å²) in [5, 5.41) is 13.3. The Bertz CT molecular complexity index is 1090. The van der Waals surface area contributed by atoms with Gasteiger partial charge in [0.1, 0.15) is 0 Å². The van der Waals surface area contributed by atoms with Crippen molar-refractivity contribution >= 4 is 16.0 Å². The minimum Gasteiger partial charge on any atom is -0.387 e. The first-order valence-electron chi connectivity index (χ1n) is 23.0. The van der Waals surface area contributed by atoms with Crippen LogP contribution in [0.4, 0.5) is 0 Å². The van der Waals surface area contributed by atoms with Crippen LogP contribution in [0.2, 0.25) is 0 Å². The first kappa shape index (κ1) is 53.0. The Kier molecular flexibility index (Phi) is 40.2. The molecular weight excluding hydrogens is 703 g/mol. The first-order chi connectivity index (χ1) is 26.8. The van der Waals surface area contributed by atoms with E-state index in [4.69, 9.17) is 0 Å². The number of hydrogen-bond acceptors (Lipinski definition) is 4. The number of unbranched alkanes of at least 4 members (excludes halogenated alkanes) is 25. The second-order valence-corrected chi connectivity index (χ2v) is 17.2. The third kappa shape index (κ3) is 43.0. The van der Waals surface area contributed by atoms with Crippen LogP contribution in [0, 0.1) is 0 Å². The number of carbonyl (C=O) groups excluding carboxylic acids is 1. The zero-order valence-corrected chi connectivity index (χ0v) is 36.6. The van der Waals surface area contributed by atoms with Crippen LogP contribution in [-0.2, 0) is 14.9 Å². The lowest BCUT2D eigenvalue weighted by molar-refractivity contribution is -0.122. The molecule has 0 aliphatic carbocycles. The van der Waals surface area contributed by atoms with Gasteiger partial charge in [0.05, 0.1) is 17.9 Å². The van der Waals surface area contributed by atoms with E-state index < -0.39 is 28.0 Å². The molecule has 320 valence electrons. The maximum absolute atomic E-state index is 12.6. The van der Waals surface area contributed by atoms with E-state index in [1.807, 2.05) is 6.08 Å². The normalized spacial score (nSPS) is 13.7. The molecule has 0 aliphatic heterocycles. The molecule has 0 spiro atoms. The maximum Gasteiger partial charge on any atom is 0.267 e. The van der Waals surface area contributed by atoms with Crippen molar-refractivity contribution < 1.29 is 22.9 Å². The van der Waals surface area contributed by atoms with Gasteiger partial charge in [0.15, 0.2) is 0 Å². The monoisotopic (exact) mass is 790 g/mol. The van der Waals surface area contributed by atoms with Gasteiger partial charge in [-0.15, -0.1) is 0 Å². The number of rotatable bonds is 41. The highest BCUT2D eigenvalue weighted by Gasteiger charge is 2.24. The number of carbonyl (C=O) groups is 1. The van der Waals surface area contributed by atoms with Crippen LogP contribution in [0.5, 0.6) is 0 Å². The third-order valence-electron chi connectivity index (χ3n) is 10.2. The van der Waals surface area contributed by atoms with Crippen molar-refractivity contribution in [2.45, 2.75) is 231 Å². The zero-order chi connectivity index (χ0) is 40.3. The standard InChI is InChI=1S/C48H87NO5S/c1-3-5-7-9-11-13-15-17-19-21-23-24-26-28-30-32-34-36-38-40-42-44-48(51)49-46(45-55(52,53)54)47(50)43-41-39-37-35-33-31-29-27-25-22-20-18-16-14-12-10-8-6-4-2/h5,7,11,13,17,19,23-24,41,43,46-47,50H,3-4,6,8-10,12,14-16,18,20-22,25-40,42,44-45H2,1-2H3,(H,49,51)(H,52,53,54)/b7-5-,13-11-,19-17-,24-23-,43-41+. The minimum absolute atomic E-state index is 0.284. The van der Waals surface area contributed by atoms with E-state index in [1.54, 1.807) is 6.08 Å². The van der Waals surface area contributed by atoms with Crippen LogP contribution < -0.4 is 5.32 Å². The van der Waals surface area contributed by atoms with Crippen LogP contribution in [0.15, 0.2) is 60.8 Å². The lowest BCUT2D eigenvalue weighted by Gasteiger charge is -2.21. The van der Waals surface area contributed by atoms with Gasteiger partial charge < -0.3 is 10.4 Å². The third-order valence-corrected chi connectivity index (χ3v) is 11.0. The Labute approximate surface area is 341 Å². The van der Waals surface area contributed by atoms with Crippen LogP contribution in [0.3, 0.4) is 0 Å². The second kappa shape index (κ2) is 41.7. The summed E-state index contributed by atoms with van der Waals surface area (Å²) in [7, 11) is -4.35. The lowest BCUT2D eigenvalue weighted by atomic mass is 10.0. The molecule has 6 nitrogen and oxygen atoms in total. The summed E-state index contributed by atoms with van der Waals surface area (Å²) < 4.78 is 32.6. The van der Waals surface area contributed by atoms with Crippen molar-refractivity contribution in [3.05, 3.63) is 60.8 Å². The van der Waals surface area contributed by atoms with Gasteiger partial charge in [-0.2, -0.15) is 8.42 Å². The zero-order valence-electron chi connectivity index (χ0n) is 35.8. The summed E-state index contributed by atoms with van der Waals surface area (Å²) in [5.74, 6) is -0.990. The van der Waals surface area contributed by atoms with E-state index >= 15 is 0 Å². The highest BCUT2D eigenvalue weighted by molar-refractivity contribution is 7.85. The molecule has 0 heterocycles. The maximum atomic E-state index is 12.6. The summed E-state index contributed by atoms with van der Waals surface area (Å²) >= 11 is 0. The fourth-order valence-electron chi connectivity index (χ4n) is 6.79. The average molecular weight is 790 g/mol. The molecule has 2 atom stereocenters. The fraction of sp³-hybridized carbons (Fsp3) is 0.771. The largest absolute Gasteiger partial charge is 0.387 e. The van der Waals surface area contributed by atoms with Gasteiger partial charge in [-0.25, -0.2) is 0 Å². The Morgan fingerprint density at radius 3 is 1.29 bits per heavy atom. The van der Waals surface area contributed by atoms with Crippen molar-refractivity contribution in [2.75, 3.05) is 5.75 Å². The molecule has 0 saturated carbocycles. The van der Waals surface area contributed by atoms with Crippen molar-refractivity contribution in [3.8, 4) is 0 Å². The van der Waals surface area contributed by atoms with Crippen molar-refractivity contribution in [2.24, 2.45) is 0 Å². The van der Waals surface area contributed by atoms with Gasteiger partial charge in [0.2, 0.25) is 5.91 Å². The van der Waals surface area contributed by atoms with Gasteiger partial charge in [-0.1, -0.05) is 216 Å². The number of hydrogen-bond donors (Lipinski definition) is 3. The van der Waals surface area contributed by atoms with Crippen LogP contribution >= 0.6 is 0 Å². The predicted octanol–water partition coefficient (Wildman–Crippen LogP) is 14.0. The summed E-state index contributed by atoms with van der Waals surface area (Å²) in [5.41, 5.74) is 0. The number of nitrogens with one attached hydrogen (secondary N) is 1. The van der Waals surface area contributed by atoms with Gasteiger partial charge in [-0.3, -0.25) is 9.35 Å². The van der Waals surface area contributed by atoms with E-state index in [0.29, 0.717) is 0 Å². The molecule has 0 radical (unpaired) electrons. The minimum atomic E-state index is -4.35. The SMILES string of the molecule is CC/C=C\C/C=C\C/C=C\C/C=C\CCCCCCCCCCC(=O)NC(CS(=O)(=O)O)C(O)/C=C/CCCCCCCCCCCCCCCCCCC. The quantitative estimate of drug-likeness (QED) is 0.0325. The van der Waals surface area contributed by atoms with Gasteiger partial charge in [0, 0.05) is 6.42 Å².